The lowest BCUT2D eigenvalue weighted by molar-refractivity contribution is 0.586. The van der Waals surface area contributed by atoms with Crippen LogP contribution in [0.4, 0.5) is 0 Å². The van der Waals surface area contributed by atoms with Crippen LogP contribution in [0.25, 0.3) is 16.8 Å². The Balaban J connectivity index is 1.44. The molecule has 4 rings (SSSR count). The lowest BCUT2D eigenvalue weighted by Crippen LogP contribution is -2.08. The molecular weight excluding hydrogens is 380 g/mol. The van der Waals surface area contributed by atoms with Crippen molar-refractivity contribution in [3.05, 3.63) is 91.0 Å². The molecule has 0 spiro atoms. The Bertz CT molecular complexity index is 934. The largest absolute Gasteiger partial charge is 0.326 e. The van der Waals surface area contributed by atoms with Gasteiger partial charge in [0.25, 0.3) is 0 Å². The van der Waals surface area contributed by atoms with Crippen molar-refractivity contribution >= 4 is 29.6 Å². The first-order valence-electron chi connectivity index (χ1n) is 9.59. The molecule has 1 aliphatic rings. The summed E-state index contributed by atoms with van der Waals surface area (Å²) in [5.74, 6) is 0. The summed E-state index contributed by atoms with van der Waals surface area (Å²) in [7, 11) is 0. The van der Waals surface area contributed by atoms with Crippen LogP contribution in [0.2, 0.25) is 0 Å². The number of benzene rings is 3. The van der Waals surface area contributed by atoms with Crippen LogP contribution in [0.1, 0.15) is 18.4 Å². The Kier molecular flexibility index (Phi) is 6.42. The molecule has 0 aliphatic carbocycles. The lowest BCUT2D eigenvalue weighted by Gasteiger charge is -2.15. The summed E-state index contributed by atoms with van der Waals surface area (Å²) in [4.78, 5) is 2.49. The fourth-order valence-electron chi connectivity index (χ4n) is 3.31. The van der Waals surface area contributed by atoms with Crippen LogP contribution in [-0.2, 0) is 0 Å². The van der Waals surface area contributed by atoms with E-state index in [0.29, 0.717) is 0 Å². The lowest BCUT2D eigenvalue weighted by atomic mass is 9.98. The third kappa shape index (κ3) is 4.82. The first-order valence-corrected chi connectivity index (χ1v) is 11.2. The van der Waals surface area contributed by atoms with Gasteiger partial charge in [-0.05, 0) is 66.1 Å². The Morgan fingerprint density at radius 2 is 1.54 bits per heavy atom. The smallest absolute Gasteiger partial charge is 0.0450 e. The van der Waals surface area contributed by atoms with Gasteiger partial charge >= 0.3 is 0 Å². The van der Waals surface area contributed by atoms with Gasteiger partial charge < -0.3 is 4.72 Å². The third-order valence-electron chi connectivity index (χ3n) is 4.73. The van der Waals surface area contributed by atoms with Crippen LogP contribution >= 0.6 is 23.9 Å². The Hall–Kier alpha value is -2.14. The molecule has 0 radical (unpaired) electrons. The highest BCUT2D eigenvalue weighted by molar-refractivity contribution is 7.98. The van der Waals surface area contributed by atoms with Gasteiger partial charge in [-0.2, -0.15) is 0 Å². The SMILES string of the molecule is C=C(NSc1cccc(SN2CCCC2)c1)c1ccccc1-c1ccccc1. The van der Waals surface area contributed by atoms with E-state index in [1.807, 2.05) is 18.0 Å². The average molecular weight is 405 g/mol. The minimum absolute atomic E-state index is 0.919. The van der Waals surface area contributed by atoms with E-state index in [9.17, 15) is 0 Å². The Morgan fingerprint density at radius 1 is 0.821 bits per heavy atom. The Labute approximate surface area is 176 Å². The van der Waals surface area contributed by atoms with Crippen molar-refractivity contribution in [2.45, 2.75) is 22.6 Å². The molecule has 0 unspecified atom stereocenters. The summed E-state index contributed by atoms with van der Waals surface area (Å²) >= 11 is 3.48. The van der Waals surface area contributed by atoms with Crippen molar-refractivity contribution < 1.29 is 0 Å². The standard InChI is InChI=1S/C24H24N2S2/c1-19(23-14-5-6-15-24(23)20-10-3-2-4-11-20)25-27-21-12-9-13-22(18-21)28-26-16-7-8-17-26/h2-6,9-15,18,25H,1,7-8,16-17H2. The predicted molar refractivity (Wildman–Crippen MR) is 123 cm³/mol. The van der Waals surface area contributed by atoms with Crippen molar-refractivity contribution in [3.63, 3.8) is 0 Å². The molecule has 0 aromatic heterocycles. The normalized spacial score (nSPS) is 14.1. The highest BCUT2D eigenvalue weighted by Crippen LogP contribution is 2.31. The van der Waals surface area contributed by atoms with E-state index in [1.54, 1.807) is 11.9 Å². The second-order valence-corrected chi connectivity index (χ2v) is 8.85. The van der Waals surface area contributed by atoms with Crippen LogP contribution in [0.15, 0.2) is 95.2 Å². The maximum atomic E-state index is 4.29. The van der Waals surface area contributed by atoms with Crippen LogP contribution < -0.4 is 4.72 Å². The number of nitrogens with zero attached hydrogens (tertiary/aromatic N) is 1. The zero-order valence-electron chi connectivity index (χ0n) is 15.8. The van der Waals surface area contributed by atoms with Gasteiger partial charge in [0.2, 0.25) is 0 Å². The number of rotatable bonds is 7. The second kappa shape index (κ2) is 9.37. The molecule has 2 nitrogen and oxygen atoms in total. The molecule has 0 bridgehead atoms. The second-order valence-electron chi connectivity index (χ2n) is 6.80. The highest BCUT2D eigenvalue weighted by atomic mass is 32.2. The molecule has 1 heterocycles. The molecule has 142 valence electrons. The quantitative estimate of drug-likeness (QED) is 0.439. The summed E-state index contributed by atoms with van der Waals surface area (Å²) in [5, 5.41) is 0. The van der Waals surface area contributed by atoms with Crippen molar-refractivity contribution in [2.24, 2.45) is 0 Å². The van der Waals surface area contributed by atoms with Crippen LogP contribution in [0, 0.1) is 0 Å². The topological polar surface area (TPSA) is 15.3 Å². The van der Waals surface area contributed by atoms with Crippen molar-refractivity contribution in [1.82, 2.24) is 9.03 Å². The molecule has 0 amide bonds. The van der Waals surface area contributed by atoms with E-state index >= 15 is 0 Å². The summed E-state index contributed by atoms with van der Waals surface area (Å²) in [5.41, 5.74) is 4.44. The van der Waals surface area contributed by atoms with Gasteiger partial charge in [0, 0.05) is 34.1 Å². The van der Waals surface area contributed by atoms with Gasteiger partial charge in [-0.1, -0.05) is 67.2 Å². The number of hydrogen-bond donors (Lipinski definition) is 1. The molecule has 1 aliphatic heterocycles. The van der Waals surface area contributed by atoms with Crippen LogP contribution in [0.3, 0.4) is 0 Å². The molecule has 1 N–H and O–H groups in total. The fourth-order valence-corrected chi connectivity index (χ4v) is 5.13. The van der Waals surface area contributed by atoms with Crippen molar-refractivity contribution in [2.75, 3.05) is 13.1 Å². The minimum atomic E-state index is 0.919. The molecule has 3 aromatic carbocycles. The van der Waals surface area contributed by atoms with Crippen molar-refractivity contribution in [1.29, 1.82) is 0 Å². The molecule has 0 saturated carbocycles. The average Bonchev–Trinajstić information content (AvgIpc) is 3.26. The van der Waals surface area contributed by atoms with E-state index in [4.69, 9.17) is 0 Å². The van der Waals surface area contributed by atoms with Gasteiger partial charge in [-0.15, -0.1) is 0 Å². The molecule has 0 atom stereocenters. The first kappa shape index (κ1) is 19.2. The first-order chi connectivity index (χ1) is 13.8. The van der Waals surface area contributed by atoms with Gasteiger partial charge in [0.1, 0.15) is 0 Å². The van der Waals surface area contributed by atoms with Gasteiger partial charge in [0.05, 0.1) is 0 Å². The van der Waals surface area contributed by atoms with E-state index in [2.05, 4.69) is 88.4 Å². The van der Waals surface area contributed by atoms with Gasteiger partial charge in [-0.3, -0.25) is 0 Å². The molecule has 28 heavy (non-hydrogen) atoms. The van der Waals surface area contributed by atoms with E-state index < -0.39 is 0 Å². The van der Waals surface area contributed by atoms with E-state index in [-0.39, 0.29) is 0 Å². The number of nitrogens with one attached hydrogen (secondary N) is 1. The summed E-state index contributed by atoms with van der Waals surface area (Å²) < 4.78 is 5.90. The van der Waals surface area contributed by atoms with E-state index in [1.165, 1.54) is 46.8 Å². The maximum Gasteiger partial charge on any atom is 0.0450 e. The molecule has 1 fully saturated rings. The predicted octanol–water partition coefficient (Wildman–Crippen LogP) is 6.72. The van der Waals surface area contributed by atoms with Crippen molar-refractivity contribution in [3.8, 4) is 11.1 Å². The maximum absolute atomic E-state index is 4.29. The van der Waals surface area contributed by atoms with Crippen LogP contribution in [-0.4, -0.2) is 17.4 Å². The van der Waals surface area contributed by atoms with E-state index in [0.717, 1.165) is 11.3 Å². The molecule has 3 aromatic rings. The zero-order chi connectivity index (χ0) is 19.2. The van der Waals surface area contributed by atoms with Gasteiger partial charge in [0.15, 0.2) is 0 Å². The molecular formula is C24H24N2S2. The fraction of sp³-hybridized carbons (Fsp3) is 0.167. The minimum Gasteiger partial charge on any atom is -0.326 e. The summed E-state index contributed by atoms with van der Waals surface area (Å²) in [6.45, 7) is 6.66. The zero-order valence-corrected chi connectivity index (χ0v) is 17.4. The third-order valence-corrected chi connectivity index (χ3v) is 6.66. The molecule has 4 heteroatoms. The monoisotopic (exact) mass is 404 g/mol. The molecule has 1 saturated heterocycles. The highest BCUT2D eigenvalue weighted by Gasteiger charge is 2.13. The van der Waals surface area contributed by atoms with Gasteiger partial charge in [-0.25, -0.2) is 4.31 Å². The summed E-state index contributed by atoms with van der Waals surface area (Å²) in [6.07, 6.45) is 2.62. The Morgan fingerprint density at radius 3 is 2.36 bits per heavy atom. The summed E-state index contributed by atoms with van der Waals surface area (Å²) in [6, 6.07) is 27.6. The van der Waals surface area contributed by atoms with Crippen LogP contribution in [0.5, 0.6) is 0 Å². The number of hydrogen-bond acceptors (Lipinski definition) is 4.